The molecule has 1 aromatic heterocycles. The van der Waals surface area contributed by atoms with Gasteiger partial charge in [-0.15, -0.1) is 0 Å². The third-order valence-electron chi connectivity index (χ3n) is 5.63. The molecule has 0 bridgehead atoms. The van der Waals surface area contributed by atoms with Gasteiger partial charge < -0.3 is 9.42 Å². The van der Waals surface area contributed by atoms with Crippen molar-refractivity contribution in [1.82, 2.24) is 19.9 Å². The van der Waals surface area contributed by atoms with Gasteiger partial charge in [0.15, 0.2) is 0 Å². The molecule has 9 nitrogen and oxygen atoms in total. The minimum absolute atomic E-state index is 0.0382. The fraction of sp³-hybridized carbons (Fsp3) is 0.318. The molecule has 4 rings (SSSR count). The minimum atomic E-state index is -0.459. The number of carbonyl (C=O) groups is 1. The Hall–Kier alpha value is -3.59. The number of nitrogens with zero attached hydrogens (tertiary/aromatic N) is 5. The van der Waals surface area contributed by atoms with Crippen molar-refractivity contribution in [2.75, 3.05) is 26.2 Å². The van der Waals surface area contributed by atoms with E-state index in [1.54, 1.807) is 24.0 Å². The van der Waals surface area contributed by atoms with E-state index in [1.165, 1.54) is 6.07 Å². The number of carbonyl (C=O) groups excluding carboxylic acids is 1. The van der Waals surface area contributed by atoms with Crippen LogP contribution in [0.15, 0.2) is 53.1 Å². The highest BCUT2D eigenvalue weighted by molar-refractivity contribution is 5.95. The summed E-state index contributed by atoms with van der Waals surface area (Å²) in [6, 6.07) is 14.2. The number of aryl methyl sites for hydroxylation is 1. The third-order valence-corrected chi connectivity index (χ3v) is 5.63. The lowest BCUT2D eigenvalue weighted by atomic mass is 10.1. The Morgan fingerprint density at radius 2 is 1.84 bits per heavy atom. The van der Waals surface area contributed by atoms with Crippen LogP contribution in [0.1, 0.15) is 34.8 Å². The molecule has 1 atom stereocenters. The largest absolute Gasteiger partial charge is 0.337 e. The first kappa shape index (κ1) is 20.7. The van der Waals surface area contributed by atoms with Gasteiger partial charge in [-0.1, -0.05) is 41.6 Å². The first-order chi connectivity index (χ1) is 14.9. The summed E-state index contributed by atoms with van der Waals surface area (Å²) in [5, 5.41) is 15.3. The van der Waals surface area contributed by atoms with Crippen LogP contribution in [0.25, 0.3) is 11.4 Å². The molecule has 1 fully saturated rings. The van der Waals surface area contributed by atoms with Crippen molar-refractivity contribution in [2.24, 2.45) is 0 Å². The van der Waals surface area contributed by atoms with Crippen LogP contribution in [0.4, 0.5) is 5.69 Å². The number of benzene rings is 2. The molecule has 1 aliphatic rings. The molecule has 2 heterocycles. The Labute approximate surface area is 179 Å². The van der Waals surface area contributed by atoms with Gasteiger partial charge in [-0.05, 0) is 19.9 Å². The van der Waals surface area contributed by atoms with E-state index in [0.29, 0.717) is 49.0 Å². The summed E-state index contributed by atoms with van der Waals surface area (Å²) in [5.74, 6) is 0.893. The normalized spacial score (nSPS) is 15.6. The summed E-state index contributed by atoms with van der Waals surface area (Å²) in [5.41, 5.74) is 1.73. The Kier molecular flexibility index (Phi) is 5.77. The second-order valence-electron chi connectivity index (χ2n) is 7.58. The zero-order valence-corrected chi connectivity index (χ0v) is 17.4. The monoisotopic (exact) mass is 421 g/mol. The first-order valence-corrected chi connectivity index (χ1v) is 10.1. The molecule has 0 saturated carbocycles. The topological polar surface area (TPSA) is 106 Å². The zero-order valence-electron chi connectivity index (χ0n) is 17.4. The molecule has 1 amide bonds. The van der Waals surface area contributed by atoms with Crippen LogP contribution in [0.2, 0.25) is 0 Å². The summed E-state index contributed by atoms with van der Waals surface area (Å²) in [6.45, 7) is 5.99. The fourth-order valence-corrected chi connectivity index (χ4v) is 3.70. The molecule has 1 aliphatic heterocycles. The zero-order chi connectivity index (χ0) is 22.0. The van der Waals surface area contributed by atoms with Crippen LogP contribution in [-0.2, 0) is 0 Å². The standard InChI is InChI=1S/C22H23N5O4/c1-15-8-9-18(14-19(15)27(29)30)22(28)26-12-10-25(11-13-26)16(2)21-23-20(24-31-21)17-6-4-3-5-7-17/h3-9,14,16H,10-13H2,1-2H3. The van der Waals surface area contributed by atoms with Crippen molar-refractivity contribution in [3.63, 3.8) is 0 Å². The molecular weight excluding hydrogens is 398 g/mol. The maximum atomic E-state index is 12.8. The number of nitro groups is 1. The molecule has 160 valence electrons. The number of aromatic nitrogens is 2. The van der Waals surface area contributed by atoms with Crippen molar-refractivity contribution < 1.29 is 14.2 Å². The van der Waals surface area contributed by atoms with Crippen molar-refractivity contribution >= 4 is 11.6 Å². The quantitative estimate of drug-likeness (QED) is 0.459. The van der Waals surface area contributed by atoms with Gasteiger partial charge >= 0.3 is 0 Å². The number of piperazine rings is 1. The van der Waals surface area contributed by atoms with Crippen LogP contribution >= 0.6 is 0 Å². The van der Waals surface area contributed by atoms with E-state index in [4.69, 9.17) is 4.52 Å². The van der Waals surface area contributed by atoms with E-state index in [9.17, 15) is 14.9 Å². The number of hydrogen-bond acceptors (Lipinski definition) is 7. The number of hydrogen-bond donors (Lipinski definition) is 0. The van der Waals surface area contributed by atoms with E-state index < -0.39 is 4.92 Å². The van der Waals surface area contributed by atoms with Crippen molar-refractivity contribution in [2.45, 2.75) is 19.9 Å². The Morgan fingerprint density at radius 1 is 1.13 bits per heavy atom. The van der Waals surface area contributed by atoms with Gasteiger partial charge in [-0.3, -0.25) is 19.8 Å². The van der Waals surface area contributed by atoms with E-state index in [-0.39, 0.29) is 17.6 Å². The maximum Gasteiger partial charge on any atom is 0.273 e. The molecule has 9 heteroatoms. The molecule has 3 aromatic rings. The van der Waals surface area contributed by atoms with E-state index in [0.717, 1.165) is 5.56 Å². The highest BCUT2D eigenvalue weighted by Gasteiger charge is 2.29. The summed E-state index contributed by atoms with van der Waals surface area (Å²) in [6.07, 6.45) is 0. The first-order valence-electron chi connectivity index (χ1n) is 10.1. The van der Waals surface area contributed by atoms with Gasteiger partial charge in [0, 0.05) is 48.9 Å². The van der Waals surface area contributed by atoms with E-state index in [1.807, 2.05) is 37.3 Å². The van der Waals surface area contributed by atoms with Crippen molar-refractivity contribution in [3.8, 4) is 11.4 Å². The van der Waals surface area contributed by atoms with E-state index >= 15 is 0 Å². The minimum Gasteiger partial charge on any atom is -0.337 e. The van der Waals surface area contributed by atoms with Gasteiger partial charge in [0.1, 0.15) is 0 Å². The summed E-state index contributed by atoms with van der Waals surface area (Å²) >= 11 is 0. The lowest BCUT2D eigenvalue weighted by Gasteiger charge is -2.36. The molecule has 1 unspecified atom stereocenters. The third kappa shape index (κ3) is 4.31. The van der Waals surface area contributed by atoms with Crippen LogP contribution < -0.4 is 0 Å². The highest BCUT2D eigenvalue weighted by atomic mass is 16.6. The van der Waals surface area contributed by atoms with Gasteiger partial charge in [-0.2, -0.15) is 4.98 Å². The Morgan fingerprint density at radius 3 is 2.52 bits per heavy atom. The summed E-state index contributed by atoms with van der Waals surface area (Å²) in [7, 11) is 0. The predicted octanol–water partition coefficient (Wildman–Crippen LogP) is 3.47. The molecule has 0 aliphatic carbocycles. The molecule has 31 heavy (non-hydrogen) atoms. The number of nitro benzene ring substituents is 1. The lowest BCUT2D eigenvalue weighted by Crippen LogP contribution is -2.49. The number of rotatable bonds is 5. The second kappa shape index (κ2) is 8.65. The van der Waals surface area contributed by atoms with Crippen LogP contribution in [-0.4, -0.2) is 56.9 Å². The molecule has 0 radical (unpaired) electrons. The molecule has 1 saturated heterocycles. The van der Waals surface area contributed by atoms with Crippen LogP contribution in [0.3, 0.4) is 0 Å². The molecular formula is C22H23N5O4. The lowest BCUT2D eigenvalue weighted by molar-refractivity contribution is -0.385. The maximum absolute atomic E-state index is 12.8. The smallest absolute Gasteiger partial charge is 0.273 e. The number of amides is 1. The summed E-state index contributed by atoms with van der Waals surface area (Å²) in [4.78, 5) is 32.0. The molecule has 2 aromatic carbocycles. The van der Waals surface area contributed by atoms with Crippen LogP contribution in [0.5, 0.6) is 0 Å². The fourth-order valence-electron chi connectivity index (χ4n) is 3.70. The highest BCUT2D eigenvalue weighted by Crippen LogP contribution is 2.25. The van der Waals surface area contributed by atoms with Gasteiger partial charge in [0.25, 0.3) is 11.6 Å². The van der Waals surface area contributed by atoms with Gasteiger partial charge in [0.05, 0.1) is 11.0 Å². The van der Waals surface area contributed by atoms with Crippen molar-refractivity contribution in [3.05, 3.63) is 75.7 Å². The van der Waals surface area contributed by atoms with Crippen molar-refractivity contribution in [1.29, 1.82) is 0 Å². The van der Waals surface area contributed by atoms with Gasteiger partial charge in [-0.25, -0.2) is 0 Å². The predicted molar refractivity (Wildman–Crippen MR) is 113 cm³/mol. The Bertz CT molecular complexity index is 1090. The Balaban J connectivity index is 1.39. The SMILES string of the molecule is Cc1ccc(C(=O)N2CCN(C(C)c3nc(-c4ccccc4)no3)CC2)cc1[N+](=O)[O-]. The molecule has 0 N–H and O–H groups in total. The molecule has 0 spiro atoms. The second-order valence-corrected chi connectivity index (χ2v) is 7.58. The van der Waals surface area contributed by atoms with Crippen LogP contribution in [0, 0.1) is 17.0 Å². The van der Waals surface area contributed by atoms with E-state index in [2.05, 4.69) is 15.0 Å². The summed E-state index contributed by atoms with van der Waals surface area (Å²) < 4.78 is 5.48. The average molecular weight is 421 g/mol. The van der Waals surface area contributed by atoms with Gasteiger partial charge in [0.2, 0.25) is 11.7 Å². The average Bonchev–Trinajstić information content (AvgIpc) is 3.29.